The van der Waals surface area contributed by atoms with Crippen molar-refractivity contribution in [2.24, 2.45) is 10.3 Å². The molecular weight excluding hydrogens is 513 g/mol. The van der Waals surface area contributed by atoms with E-state index in [1.165, 1.54) is 18.2 Å². The lowest BCUT2D eigenvalue weighted by Crippen LogP contribution is -2.42. The maximum Gasteiger partial charge on any atom is 0.435 e. The summed E-state index contributed by atoms with van der Waals surface area (Å²) < 4.78 is 56.4. The number of benzene rings is 2. The molecule has 1 N–H and O–H groups in total. The Morgan fingerprint density at radius 2 is 1.89 bits per heavy atom. The van der Waals surface area contributed by atoms with Gasteiger partial charge in [-0.1, -0.05) is 46.5 Å². The van der Waals surface area contributed by atoms with E-state index in [0.29, 0.717) is 29.5 Å². The second-order valence-electron chi connectivity index (χ2n) is 8.20. The molecule has 6 nitrogen and oxygen atoms in total. The van der Waals surface area contributed by atoms with E-state index in [-0.39, 0.29) is 5.71 Å². The second kappa shape index (κ2) is 9.31. The average molecular weight is 532 g/mol. The fourth-order valence-corrected chi connectivity index (χ4v) is 4.37. The number of oxime groups is 2. The number of amides is 1. The van der Waals surface area contributed by atoms with Gasteiger partial charge in [-0.3, -0.25) is 4.79 Å². The summed E-state index contributed by atoms with van der Waals surface area (Å²) in [6.45, 7) is 3.58. The Bertz CT molecular complexity index is 1230. The molecule has 1 amide bonds. The lowest BCUT2D eigenvalue weighted by molar-refractivity contribution is -0.275. The average Bonchev–Trinajstić information content (AvgIpc) is 3.44. The lowest BCUT2D eigenvalue weighted by Gasteiger charge is -2.29. The number of aryl methyl sites for hydroxylation is 1. The third-order valence-electron chi connectivity index (χ3n) is 5.87. The van der Waals surface area contributed by atoms with E-state index in [0.717, 1.165) is 17.8 Å². The fourth-order valence-electron chi connectivity index (χ4n) is 3.88. The molecule has 0 aromatic heterocycles. The van der Waals surface area contributed by atoms with Gasteiger partial charge in [0.15, 0.2) is 5.82 Å². The summed E-state index contributed by atoms with van der Waals surface area (Å²) >= 11 is 11.5. The summed E-state index contributed by atoms with van der Waals surface area (Å²) in [5, 5.41) is 9.16. The van der Waals surface area contributed by atoms with Gasteiger partial charge >= 0.3 is 6.18 Å². The molecule has 35 heavy (non-hydrogen) atoms. The topological polar surface area (TPSA) is 72.3 Å². The van der Waals surface area contributed by atoms with E-state index in [2.05, 4.69) is 15.6 Å². The molecule has 0 spiro atoms. The van der Waals surface area contributed by atoms with Gasteiger partial charge in [0.05, 0.1) is 21.5 Å². The number of carbonyl (C=O) groups is 1. The van der Waals surface area contributed by atoms with Crippen LogP contribution in [0, 0.1) is 12.7 Å². The molecule has 2 aromatic carbocycles. The number of nitrogens with one attached hydrogen (secondary N) is 1. The molecule has 4 rings (SSSR count). The number of rotatable bonds is 5. The zero-order chi connectivity index (χ0) is 25.5. The van der Waals surface area contributed by atoms with Crippen LogP contribution in [0.15, 0.2) is 40.6 Å². The summed E-state index contributed by atoms with van der Waals surface area (Å²) in [7, 11) is 0. The number of halogens is 6. The van der Waals surface area contributed by atoms with Crippen molar-refractivity contribution in [3.8, 4) is 0 Å². The van der Waals surface area contributed by atoms with Crippen LogP contribution in [0.1, 0.15) is 53.2 Å². The van der Waals surface area contributed by atoms with Gasteiger partial charge < -0.3 is 15.0 Å². The van der Waals surface area contributed by atoms with Crippen molar-refractivity contribution >= 4 is 40.5 Å². The molecular formula is C23H19Cl2F4N3O3. The van der Waals surface area contributed by atoms with E-state index in [1.54, 1.807) is 6.92 Å². The van der Waals surface area contributed by atoms with Crippen molar-refractivity contribution in [3.05, 3.63) is 68.4 Å². The third-order valence-corrected chi connectivity index (χ3v) is 6.42. The zero-order valence-electron chi connectivity index (χ0n) is 18.5. The highest BCUT2D eigenvalue weighted by Gasteiger charge is 2.62. The van der Waals surface area contributed by atoms with Crippen molar-refractivity contribution in [1.82, 2.24) is 5.32 Å². The van der Waals surface area contributed by atoms with Gasteiger partial charge in [-0.2, -0.15) is 13.2 Å². The molecule has 2 aliphatic heterocycles. The summed E-state index contributed by atoms with van der Waals surface area (Å²) in [4.78, 5) is 22.8. The van der Waals surface area contributed by atoms with Crippen LogP contribution >= 0.6 is 23.2 Å². The monoisotopic (exact) mass is 531 g/mol. The largest absolute Gasteiger partial charge is 0.435 e. The first kappa shape index (κ1) is 25.2. The maximum atomic E-state index is 14.2. The van der Waals surface area contributed by atoms with Gasteiger partial charge in [-0.25, -0.2) is 4.39 Å². The predicted octanol–water partition coefficient (Wildman–Crippen LogP) is 6.27. The molecule has 12 heteroatoms. The molecule has 0 saturated heterocycles. The Morgan fingerprint density at radius 1 is 1.20 bits per heavy atom. The number of carbonyl (C=O) groups excluding carboxylic acids is 1. The van der Waals surface area contributed by atoms with Gasteiger partial charge in [-0.05, 0) is 48.7 Å². The molecule has 0 radical (unpaired) electrons. The Kier molecular flexibility index (Phi) is 6.72. The Hall–Kier alpha value is -2.85. The highest BCUT2D eigenvalue weighted by Crippen LogP contribution is 2.50. The number of nitrogens with zero attached hydrogens (tertiary/aromatic N) is 2. The first-order valence-corrected chi connectivity index (χ1v) is 11.3. The second-order valence-corrected chi connectivity index (χ2v) is 9.01. The van der Waals surface area contributed by atoms with Crippen LogP contribution in [0.25, 0.3) is 0 Å². The van der Waals surface area contributed by atoms with E-state index < -0.39 is 51.8 Å². The summed E-state index contributed by atoms with van der Waals surface area (Å²) in [5.41, 5.74) is -1.39. The van der Waals surface area contributed by atoms with Gasteiger partial charge in [0.2, 0.25) is 6.23 Å². The quantitative estimate of drug-likeness (QED) is 0.365. The van der Waals surface area contributed by atoms with E-state index in [1.807, 2.05) is 6.92 Å². The van der Waals surface area contributed by atoms with Crippen molar-refractivity contribution in [1.29, 1.82) is 0 Å². The first-order chi connectivity index (χ1) is 16.4. The number of hydrogen-bond donors (Lipinski definition) is 1. The van der Waals surface area contributed by atoms with Crippen LogP contribution in [0.5, 0.6) is 0 Å². The molecule has 0 aliphatic carbocycles. The highest BCUT2D eigenvalue weighted by molar-refractivity contribution is 6.35. The molecule has 0 saturated carbocycles. The minimum atomic E-state index is -4.92. The first-order valence-electron chi connectivity index (χ1n) is 10.6. The van der Waals surface area contributed by atoms with Crippen LogP contribution in [-0.4, -0.2) is 29.7 Å². The van der Waals surface area contributed by atoms with Crippen molar-refractivity contribution < 1.29 is 32.0 Å². The van der Waals surface area contributed by atoms with E-state index in [9.17, 15) is 22.4 Å². The maximum absolute atomic E-state index is 14.2. The highest BCUT2D eigenvalue weighted by atomic mass is 35.5. The smallest absolute Gasteiger partial charge is 0.374 e. The van der Waals surface area contributed by atoms with Crippen LogP contribution in [0.3, 0.4) is 0 Å². The van der Waals surface area contributed by atoms with Crippen molar-refractivity contribution in [2.45, 2.75) is 51.1 Å². The van der Waals surface area contributed by atoms with Gasteiger partial charge in [0.25, 0.3) is 11.5 Å². The molecule has 0 bridgehead atoms. The lowest BCUT2D eigenvalue weighted by atomic mass is 9.86. The molecule has 2 aliphatic rings. The molecule has 2 heterocycles. The van der Waals surface area contributed by atoms with Crippen molar-refractivity contribution in [2.75, 3.05) is 0 Å². The van der Waals surface area contributed by atoms with Gasteiger partial charge in [0.1, 0.15) is 0 Å². The fraction of sp³-hybridized carbons (Fsp3) is 0.348. The number of hydrogen-bond acceptors (Lipinski definition) is 5. The SMILES string of the molecule is CCC1=NOC(NC(=O)c2ccc(C3=NO[C@@](c4cc(Cl)c(F)c(Cl)c4)(C(F)(F)F)C3)cc2C)C1. The van der Waals surface area contributed by atoms with E-state index in [4.69, 9.17) is 32.9 Å². The summed E-state index contributed by atoms with van der Waals surface area (Å²) in [5.74, 6) is -1.44. The molecule has 186 valence electrons. The van der Waals surface area contributed by atoms with Crippen LogP contribution < -0.4 is 5.32 Å². The normalized spacial score (nSPS) is 21.8. The Balaban J connectivity index is 1.56. The van der Waals surface area contributed by atoms with E-state index >= 15 is 0 Å². The van der Waals surface area contributed by atoms with Crippen LogP contribution in [-0.2, 0) is 15.3 Å². The third kappa shape index (κ3) is 4.69. The van der Waals surface area contributed by atoms with Gasteiger partial charge in [0, 0.05) is 24.0 Å². The zero-order valence-corrected chi connectivity index (χ0v) is 20.0. The van der Waals surface area contributed by atoms with Crippen LogP contribution in [0.2, 0.25) is 10.0 Å². The van der Waals surface area contributed by atoms with Gasteiger partial charge in [-0.15, -0.1) is 0 Å². The molecule has 1 unspecified atom stereocenters. The summed E-state index contributed by atoms with van der Waals surface area (Å²) in [6.07, 6.45) is -5.01. The van der Waals surface area contributed by atoms with Crippen LogP contribution in [0.4, 0.5) is 17.6 Å². The standard InChI is InChI=1S/C23H19Cl2F4N3O3/c1-3-14-9-19(34-31-14)30-21(33)15-5-4-12(6-11(15)2)18-10-22(35-32-18,23(27,28)29)13-7-16(24)20(26)17(25)8-13/h4-8,19H,3,9-10H2,1-2H3,(H,30,33)/t19?,22-/m0/s1. The Labute approximate surface area is 207 Å². The van der Waals surface area contributed by atoms with Crippen molar-refractivity contribution in [3.63, 3.8) is 0 Å². The minimum absolute atomic E-state index is 0.00549. The number of alkyl halides is 3. The molecule has 0 fully saturated rings. The molecule has 2 aromatic rings. The predicted molar refractivity (Wildman–Crippen MR) is 122 cm³/mol. The minimum Gasteiger partial charge on any atom is -0.374 e. The Morgan fingerprint density at radius 3 is 2.46 bits per heavy atom. The molecule has 2 atom stereocenters. The summed E-state index contributed by atoms with van der Waals surface area (Å²) in [6, 6.07) is 6.15.